The Kier molecular flexibility index (Phi) is 2.29. The zero-order valence-electron chi connectivity index (χ0n) is 8.26. The Bertz CT molecular complexity index is 312. The van der Waals surface area contributed by atoms with Crippen molar-refractivity contribution < 1.29 is 4.79 Å². The molecule has 4 heteroatoms. The van der Waals surface area contributed by atoms with E-state index in [0.29, 0.717) is 5.69 Å². The highest BCUT2D eigenvalue weighted by Gasteiger charge is 2.30. The van der Waals surface area contributed by atoms with Crippen LogP contribution in [0.2, 0.25) is 0 Å². The summed E-state index contributed by atoms with van der Waals surface area (Å²) < 4.78 is 0. The largest absolute Gasteiger partial charge is 0.357 e. The topological polar surface area (TPSA) is 56.9 Å². The van der Waals surface area contributed by atoms with Gasteiger partial charge in [-0.2, -0.15) is 0 Å². The molecule has 0 bridgehead atoms. The third-order valence-electron chi connectivity index (χ3n) is 2.63. The van der Waals surface area contributed by atoms with Gasteiger partial charge in [-0.1, -0.05) is 0 Å². The van der Waals surface area contributed by atoms with E-state index in [0.717, 1.165) is 19.5 Å². The second kappa shape index (κ2) is 3.46. The molecule has 76 valence electrons. The molecule has 0 saturated carbocycles. The van der Waals surface area contributed by atoms with Crippen LogP contribution in [0, 0.1) is 0 Å². The first kappa shape index (κ1) is 9.27. The number of aromatic nitrogens is 1. The Hall–Kier alpha value is -1.29. The molecule has 0 aliphatic carbocycles. The molecule has 1 aliphatic heterocycles. The summed E-state index contributed by atoms with van der Waals surface area (Å²) in [6.45, 7) is 3.88. The Morgan fingerprint density at radius 3 is 3.07 bits per heavy atom. The highest BCUT2D eigenvalue weighted by molar-refractivity contribution is 5.92. The van der Waals surface area contributed by atoms with E-state index in [4.69, 9.17) is 0 Å². The summed E-state index contributed by atoms with van der Waals surface area (Å²) in [6, 6.07) is 3.60. The molecule has 1 aromatic rings. The molecule has 1 aromatic heterocycles. The Morgan fingerprint density at radius 2 is 2.50 bits per heavy atom. The number of carbonyl (C=O) groups is 1. The van der Waals surface area contributed by atoms with Gasteiger partial charge in [0.15, 0.2) is 0 Å². The van der Waals surface area contributed by atoms with Crippen LogP contribution in [0.25, 0.3) is 0 Å². The minimum absolute atomic E-state index is 0.0267. The van der Waals surface area contributed by atoms with E-state index in [2.05, 4.69) is 22.5 Å². The lowest BCUT2D eigenvalue weighted by molar-refractivity contribution is 0.0908. The van der Waals surface area contributed by atoms with Gasteiger partial charge >= 0.3 is 0 Å². The molecule has 3 N–H and O–H groups in total. The molecular formula is C10H15N3O. The molecule has 1 fully saturated rings. The Balaban J connectivity index is 2.01. The number of aromatic amines is 1. The minimum Gasteiger partial charge on any atom is -0.357 e. The fourth-order valence-electron chi connectivity index (χ4n) is 1.74. The summed E-state index contributed by atoms with van der Waals surface area (Å²) in [5.41, 5.74) is 0.528. The van der Waals surface area contributed by atoms with Crippen LogP contribution in [0.15, 0.2) is 18.3 Å². The summed E-state index contributed by atoms with van der Waals surface area (Å²) in [4.78, 5) is 14.6. The van der Waals surface area contributed by atoms with Gasteiger partial charge in [0.2, 0.25) is 0 Å². The summed E-state index contributed by atoms with van der Waals surface area (Å²) >= 11 is 0. The van der Waals surface area contributed by atoms with Crippen molar-refractivity contribution in [2.45, 2.75) is 18.9 Å². The number of H-pyrrole nitrogens is 1. The van der Waals surface area contributed by atoms with E-state index in [1.165, 1.54) is 0 Å². The molecule has 4 nitrogen and oxygen atoms in total. The molecular weight excluding hydrogens is 178 g/mol. The lowest BCUT2D eigenvalue weighted by Gasteiger charge is -2.23. The summed E-state index contributed by atoms with van der Waals surface area (Å²) in [7, 11) is 0. The van der Waals surface area contributed by atoms with Crippen molar-refractivity contribution in [1.82, 2.24) is 15.6 Å². The molecule has 0 radical (unpaired) electrons. The van der Waals surface area contributed by atoms with E-state index in [-0.39, 0.29) is 11.4 Å². The van der Waals surface area contributed by atoms with Gasteiger partial charge in [0.25, 0.3) is 5.91 Å². The van der Waals surface area contributed by atoms with Gasteiger partial charge in [-0.3, -0.25) is 4.79 Å². The van der Waals surface area contributed by atoms with Crippen molar-refractivity contribution in [2.75, 3.05) is 13.1 Å². The Labute approximate surface area is 83.1 Å². The average molecular weight is 193 g/mol. The summed E-state index contributed by atoms with van der Waals surface area (Å²) in [5.74, 6) is -0.0267. The van der Waals surface area contributed by atoms with E-state index in [1.807, 2.05) is 6.07 Å². The minimum atomic E-state index is -0.0950. The molecule has 2 heterocycles. The van der Waals surface area contributed by atoms with Crippen LogP contribution < -0.4 is 10.6 Å². The molecule has 0 aromatic carbocycles. The fraction of sp³-hybridized carbons (Fsp3) is 0.500. The second-order valence-electron chi connectivity index (χ2n) is 4.03. The molecule has 1 aliphatic rings. The molecule has 2 rings (SSSR count). The first-order chi connectivity index (χ1) is 6.70. The molecule has 14 heavy (non-hydrogen) atoms. The number of rotatable bonds is 2. The van der Waals surface area contributed by atoms with Crippen LogP contribution in [0.3, 0.4) is 0 Å². The molecule has 1 saturated heterocycles. The van der Waals surface area contributed by atoms with Crippen molar-refractivity contribution in [1.29, 1.82) is 0 Å². The van der Waals surface area contributed by atoms with Crippen LogP contribution in [-0.2, 0) is 0 Å². The maximum atomic E-state index is 11.7. The second-order valence-corrected chi connectivity index (χ2v) is 4.03. The van der Waals surface area contributed by atoms with Crippen molar-refractivity contribution in [3.63, 3.8) is 0 Å². The highest BCUT2D eigenvalue weighted by Crippen LogP contribution is 2.13. The molecule has 0 spiro atoms. The van der Waals surface area contributed by atoms with Gasteiger partial charge in [-0.25, -0.2) is 0 Å². The number of nitrogens with one attached hydrogen (secondary N) is 3. The van der Waals surface area contributed by atoms with Crippen LogP contribution in [0.1, 0.15) is 23.8 Å². The lowest BCUT2D eigenvalue weighted by atomic mass is 10.0. The smallest absolute Gasteiger partial charge is 0.268 e. The average Bonchev–Trinajstić information content (AvgIpc) is 2.74. The summed E-state index contributed by atoms with van der Waals surface area (Å²) in [5, 5.41) is 6.26. The standard InChI is InChI=1S/C10H15N3O/c1-10(4-6-11-7-10)13-9(14)8-3-2-5-12-8/h2-3,5,11-12H,4,6-7H2,1H3,(H,13,14). The molecule has 1 unspecified atom stereocenters. The third kappa shape index (κ3) is 1.80. The van der Waals surface area contributed by atoms with Crippen LogP contribution in [0.5, 0.6) is 0 Å². The van der Waals surface area contributed by atoms with Crippen LogP contribution in [0.4, 0.5) is 0 Å². The van der Waals surface area contributed by atoms with Gasteiger partial charge in [0, 0.05) is 12.7 Å². The fourth-order valence-corrected chi connectivity index (χ4v) is 1.74. The van der Waals surface area contributed by atoms with Gasteiger partial charge < -0.3 is 15.6 Å². The molecule has 1 atom stereocenters. The molecule has 1 amide bonds. The van der Waals surface area contributed by atoms with E-state index < -0.39 is 0 Å². The number of carbonyl (C=O) groups excluding carboxylic acids is 1. The van der Waals surface area contributed by atoms with Gasteiger partial charge in [0.1, 0.15) is 5.69 Å². The first-order valence-electron chi connectivity index (χ1n) is 4.86. The predicted octanol–water partition coefficient (Wildman–Crippen LogP) is 0.496. The zero-order valence-corrected chi connectivity index (χ0v) is 8.26. The van der Waals surface area contributed by atoms with Gasteiger partial charge in [0.05, 0.1) is 5.54 Å². The quantitative estimate of drug-likeness (QED) is 0.640. The SMILES string of the molecule is CC1(NC(=O)c2ccc[nH]2)CCNC1. The van der Waals surface area contributed by atoms with E-state index in [9.17, 15) is 4.79 Å². The van der Waals surface area contributed by atoms with Crippen molar-refractivity contribution in [2.24, 2.45) is 0 Å². The van der Waals surface area contributed by atoms with Crippen molar-refractivity contribution >= 4 is 5.91 Å². The maximum absolute atomic E-state index is 11.7. The number of amides is 1. The number of hydrogen-bond donors (Lipinski definition) is 3. The maximum Gasteiger partial charge on any atom is 0.268 e. The zero-order chi connectivity index (χ0) is 10.0. The van der Waals surface area contributed by atoms with Gasteiger partial charge in [-0.15, -0.1) is 0 Å². The first-order valence-corrected chi connectivity index (χ1v) is 4.86. The number of hydrogen-bond acceptors (Lipinski definition) is 2. The van der Waals surface area contributed by atoms with Crippen LogP contribution in [-0.4, -0.2) is 29.5 Å². The van der Waals surface area contributed by atoms with Crippen molar-refractivity contribution in [3.8, 4) is 0 Å². The predicted molar refractivity (Wildman–Crippen MR) is 54.2 cm³/mol. The van der Waals surface area contributed by atoms with Gasteiger partial charge in [-0.05, 0) is 32.0 Å². The van der Waals surface area contributed by atoms with E-state index in [1.54, 1.807) is 12.3 Å². The normalized spacial score (nSPS) is 26.4. The summed E-state index contributed by atoms with van der Waals surface area (Å²) in [6.07, 6.45) is 2.74. The Morgan fingerprint density at radius 1 is 1.64 bits per heavy atom. The monoisotopic (exact) mass is 193 g/mol. The third-order valence-corrected chi connectivity index (χ3v) is 2.63. The van der Waals surface area contributed by atoms with Crippen LogP contribution >= 0.6 is 0 Å². The van der Waals surface area contributed by atoms with E-state index >= 15 is 0 Å². The van der Waals surface area contributed by atoms with Crippen molar-refractivity contribution in [3.05, 3.63) is 24.0 Å². The lowest BCUT2D eigenvalue weighted by Crippen LogP contribution is -2.47. The highest BCUT2D eigenvalue weighted by atomic mass is 16.2.